The van der Waals surface area contributed by atoms with Gasteiger partial charge in [0.05, 0.1) is 17.5 Å². The van der Waals surface area contributed by atoms with E-state index in [9.17, 15) is 13.2 Å². The number of fused-ring (bicyclic) bond motifs is 2. The number of amides is 1. The molecule has 2 unspecified atom stereocenters. The van der Waals surface area contributed by atoms with Crippen molar-refractivity contribution in [1.29, 1.82) is 0 Å². The zero-order chi connectivity index (χ0) is 26.2. The summed E-state index contributed by atoms with van der Waals surface area (Å²) in [6.45, 7) is 6.25. The van der Waals surface area contributed by atoms with Crippen molar-refractivity contribution in [3.8, 4) is 0 Å². The summed E-state index contributed by atoms with van der Waals surface area (Å²) < 4.78 is 29.5. The summed E-state index contributed by atoms with van der Waals surface area (Å²) in [6.07, 6.45) is 1.38. The van der Waals surface area contributed by atoms with Crippen LogP contribution in [0.25, 0.3) is 10.8 Å². The topological polar surface area (TPSA) is 57.7 Å². The van der Waals surface area contributed by atoms with Gasteiger partial charge in [-0.15, -0.1) is 11.3 Å². The smallest absolute Gasteiger partial charge is 0.244 e. The van der Waals surface area contributed by atoms with Crippen molar-refractivity contribution >= 4 is 38.0 Å². The van der Waals surface area contributed by atoms with E-state index in [2.05, 4.69) is 35.7 Å². The van der Waals surface area contributed by atoms with E-state index in [1.165, 1.54) is 9.18 Å². The Bertz CT molecular complexity index is 1520. The van der Waals surface area contributed by atoms with Crippen LogP contribution in [-0.4, -0.2) is 42.7 Å². The van der Waals surface area contributed by atoms with Crippen molar-refractivity contribution in [3.63, 3.8) is 0 Å². The van der Waals surface area contributed by atoms with Crippen LogP contribution >= 0.6 is 11.3 Å². The molecule has 2 atom stereocenters. The number of sulfonamides is 1. The SMILES string of the molecule is CCC(C)N(CC(=O)N1CCc2sccc2C1c1ccc(C)cc1)S(=O)(=O)c1cccc2ccccc12. The maximum atomic E-state index is 14.1. The second kappa shape index (κ2) is 10.4. The lowest BCUT2D eigenvalue weighted by molar-refractivity contribution is -0.133. The van der Waals surface area contributed by atoms with Gasteiger partial charge in [0.15, 0.2) is 0 Å². The highest BCUT2D eigenvalue weighted by Gasteiger charge is 2.37. The molecule has 5 rings (SSSR count). The van der Waals surface area contributed by atoms with E-state index in [0.29, 0.717) is 18.4 Å². The minimum Gasteiger partial charge on any atom is -0.330 e. The van der Waals surface area contributed by atoms with Gasteiger partial charge in [-0.1, -0.05) is 73.2 Å². The van der Waals surface area contributed by atoms with Crippen LogP contribution in [0.5, 0.6) is 0 Å². The molecule has 0 fully saturated rings. The van der Waals surface area contributed by atoms with Gasteiger partial charge >= 0.3 is 0 Å². The molecule has 1 aliphatic rings. The Balaban J connectivity index is 1.52. The van der Waals surface area contributed by atoms with Gasteiger partial charge in [-0.2, -0.15) is 4.31 Å². The quantitative estimate of drug-likeness (QED) is 0.286. The number of aryl methyl sites for hydroxylation is 1. The fourth-order valence-electron chi connectivity index (χ4n) is 5.15. The van der Waals surface area contributed by atoms with Crippen LogP contribution < -0.4 is 0 Å². The van der Waals surface area contributed by atoms with Gasteiger partial charge < -0.3 is 4.90 Å². The van der Waals surface area contributed by atoms with E-state index in [1.54, 1.807) is 23.5 Å². The van der Waals surface area contributed by atoms with Crippen LogP contribution in [0.15, 0.2) is 83.1 Å². The number of carbonyl (C=O) groups excluding carboxylic acids is 1. The van der Waals surface area contributed by atoms with E-state index in [4.69, 9.17) is 0 Å². The Morgan fingerprint density at radius 1 is 1.05 bits per heavy atom. The number of carbonyl (C=O) groups is 1. The highest BCUT2D eigenvalue weighted by Crippen LogP contribution is 2.38. The molecule has 1 amide bonds. The van der Waals surface area contributed by atoms with Crippen LogP contribution in [0.3, 0.4) is 0 Å². The number of hydrogen-bond donors (Lipinski definition) is 0. The van der Waals surface area contributed by atoms with E-state index >= 15 is 0 Å². The summed E-state index contributed by atoms with van der Waals surface area (Å²) in [4.78, 5) is 17.4. The zero-order valence-corrected chi connectivity index (χ0v) is 23.1. The van der Waals surface area contributed by atoms with Crippen molar-refractivity contribution < 1.29 is 13.2 Å². The van der Waals surface area contributed by atoms with Crippen LogP contribution in [-0.2, 0) is 21.2 Å². The van der Waals surface area contributed by atoms with Crippen LogP contribution in [0, 0.1) is 6.92 Å². The van der Waals surface area contributed by atoms with Crippen LogP contribution in [0.4, 0.5) is 0 Å². The lowest BCUT2D eigenvalue weighted by Gasteiger charge is -2.38. The fraction of sp³-hybridized carbons (Fsp3) is 0.300. The van der Waals surface area contributed by atoms with E-state index in [0.717, 1.165) is 28.5 Å². The molecular formula is C30H32N2O3S2. The number of benzene rings is 3. The molecule has 0 saturated carbocycles. The van der Waals surface area contributed by atoms with Gasteiger partial charge in [0.25, 0.3) is 0 Å². The molecular weight excluding hydrogens is 500 g/mol. The Labute approximate surface area is 223 Å². The third-order valence-electron chi connectivity index (χ3n) is 7.39. The standard InChI is InChI=1S/C30H32N2O3S2/c1-4-22(3)32(37(34,35)28-11-7-9-23-8-5-6-10-25(23)28)20-29(33)31-18-16-27-26(17-19-36-27)30(31)24-14-12-21(2)13-15-24/h5-15,17,19,22,30H,4,16,18,20H2,1-3H3. The molecule has 1 aliphatic heterocycles. The monoisotopic (exact) mass is 532 g/mol. The molecule has 0 radical (unpaired) electrons. The Hall–Kier alpha value is -3.00. The second-order valence-corrected chi connectivity index (χ2v) is 12.6. The van der Waals surface area contributed by atoms with Crippen molar-refractivity contribution in [2.24, 2.45) is 0 Å². The first kappa shape index (κ1) is 25.6. The first-order valence-electron chi connectivity index (χ1n) is 12.7. The molecule has 0 spiro atoms. The molecule has 4 aromatic rings. The number of rotatable bonds is 7. The second-order valence-electron chi connectivity index (χ2n) is 9.73. The molecule has 7 heteroatoms. The Morgan fingerprint density at radius 2 is 1.78 bits per heavy atom. The van der Waals surface area contributed by atoms with Gasteiger partial charge in [0, 0.05) is 22.8 Å². The van der Waals surface area contributed by atoms with Crippen molar-refractivity contribution in [1.82, 2.24) is 9.21 Å². The Kier molecular flexibility index (Phi) is 7.21. The molecule has 2 heterocycles. The van der Waals surface area contributed by atoms with Crippen LogP contribution in [0.1, 0.15) is 47.9 Å². The molecule has 37 heavy (non-hydrogen) atoms. The Morgan fingerprint density at radius 3 is 2.54 bits per heavy atom. The summed E-state index contributed by atoms with van der Waals surface area (Å²) in [5.41, 5.74) is 3.35. The fourth-order valence-corrected chi connectivity index (χ4v) is 7.92. The predicted molar refractivity (Wildman–Crippen MR) is 150 cm³/mol. The highest BCUT2D eigenvalue weighted by atomic mass is 32.2. The minimum atomic E-state index is -3.92. The summed E-state index contributed by atoms with van der Waals surface area (Å²) >= 11 is 1.72. The molecule has 5 nitrogen and oxygen atoms in total. The van der Waals surface area contributed by atoms with Gasteiger partial charge in [-0.05, 0) is 60.7 Å². The number of hydrogen-bond acceptors (Lipinski definition) is 4. The summed E-state index contributed by atoms with van der Waals surface area (Å²) in [7, 11) is -3.92. The lowest BCUT2D eigenvalue weighted by Crippen LogP contribution is -2.49. The van der Waals surface area contributed by atoms with E-state index in [1.807, 2.05) is 56.0 Å². The zero-order valence-electron chi connectivity index (χ0n) is 21.4. The van der Waals surface area contributed by atoms with E-state index in [-0.39, 0.29) is 29.4 Å². The third-order valence-corrected chi connectivity index (χ3v) is 10.4. The van der Waals surface area contributed by atoms with Crippen LogP contribution in [0.2, 0.25) is 0 Å². The molecule has 192 valence electrons. The average Bonchev–Trinajstić information content (AvgIpc) is 3.40. The normalized spacial score (nSPS) is 16.6. The summed E-state index contributed by atoms with van der Waals surface area (Å²) in [5, 5.41) is 3.61. The molecule has 1 aromatic heterocycles. The van der Waals surface area contributed by atoms with Crippen molar-refractivity contribution in [2.75, 3.05) is 13.1 Å². The summed E-state index contributed by atoms with van der Waals surface area (Å²) in [6, 6.07) is 22.6. The average molecular weight is 533 g/mol. The predicted octanol–water partition coefficient (Wildman–Crippen LogP) is 6.17. The maximum Gasteiger partial charge on any atom is 0.244 e. The van der Waals surface area contributed by atoms with Gasteiger partial charge in [0.1, 0.15) is 0 Å². The minimum absolute atomic E-state index is 0.175. The molecule has 0 saturated heterocycles. The van der Waals surface area contributed by atoms with E-state index < -0.39 is 10.0 Å². The van der Waals surface area contributed by atoms with Crippen molar-refractivity contribution in [3.05, 3.63) is 99.7 Å². The first-order chi connectivity index (χ1) is 17.8. The molecule has 0 aliphatic carbocycles. The maximum absolute atomic E-state index is 14.1. The number of nitrogens with zero attached hydrogens (tertiary/aromatic N) is 2. The number of thiophene rings is 1. The molecule has 3 aromatic carbocycles. The summed E-state index contributed by atoms with van der Waals surface area (Å²) in [5.74, 6) is -0.175. The van der Waals surface area contributed by atoms with Gasteiger partial charge in [-0.25, -0.2) is 8.42 Å². The molecule has 0 N–H and O–H groups in total. The van der Waals surface area contributed by atoms with Gasteiger partial charge in [0.2, 0.25) is 15.9 Å². The third kappa shape index (κ3) is 4.83. The van der Waals surface area contributed by atoms with Gasteiger partial charge in [-0.3, -0.25) is 4.79 Å². The highest BCUT2D eigenvalue weighted by molar-refractivity contribution is 7.89. The molecule has 0 bridgehead atoms. The lowest BCUT2D eigenvalue weighted by atomic mass is 9.92. The van der Waals surface area contributed by atoms with Crippen molar-refractivity contribution in [2.45, 2.75) is 50.6 Å². The largest absolute Gasteiger partial charge is 0.330 e. The first-order valence-corrected chi connectivity index (χ1v) is 15.0.